The van der Waals surface area contributed by atoms with Crippen molar-refractivity contribution in [2.24, 2.45) is 0 Å². The third kappa shape index (κ3) is 4.04. The molecule has 8 heteroatoms. The lowest BCUT2D eigenvalue weighted by molar-refractivity contribution is -0.121. The minimum atomic E-state index is -1.01. The zero-order chi connectivity index (χ0) is 25.4. The van der Waals surface area contributed by atoms with Crippen LogP contribution in [0.15, 0.2) is 78.9 Å². The van der Waals surface area contributed by atoms with Crippen LogP contribution in [-0.4, -0.2) is 34.2 Å². The molecule has 0 unspecified atom stereocenters. The Bertz CT molecular complexity index is 1430. The summed E-state index contributed by atoms with van der Waals surface area (Å²) < 4.78 is 29.3. The van der Waals surface area contributed by atoms with Crippen molar-refractivity contribution < 1.29 is 18.4 Å². The van der Waals surface area contributed by atoms with Gasteiger partial charge >= 0.3 is 0 Å². The van der Waals surface area contributed by atoms with E-state index in [2.05, 4.69) is 5.32 Å². The van der Waals surface area contributed by atoms with Crippen LogP contribution >= 0.6 is 0 Å². The second-order valence-electron chi connectivity index (χ2n) is 8.64. The molecule has 36 heavy (non-hydrogen) atoms. The maximum absolute atomic E-state index is 13.9. The Morgan fingerprint density at radius 3 is 2.36 bits per heavy atom. The number of aromatic nitrogens is 2. The predicted molar refractivity (Wildman–Crippen MR) is 132 cm³/mol. The number of amides is 2. The number of nitrogens with one attached hydrogen (secondary N) is 1. The molecule has 2 heterocycles. The van der Waals surface area contributed by atoms with Crippen molar-refractivity contribution in [2.75, 3.05) is 11.4 Å². The van der Waals surface area contributed by atoms with E-state index in [0.717, 1.165) is 17.3 Å². The molecule has 2 atom stereocenters. The Hall–Kier alpha value is -4.33. The number of nitrogens with zero attached hydrogens (tertiary/aromatic N) is 3. The molecule has 3 aromatic carbocycles. The summed E-state index contributed by atoms with van der Waals surface area (Å²) in [6, 6.07) is 19.6. The molecule has 5 rings (SSSR count). The average Bonchev–Trinajstić information content (AvgIpc) is 3.22. The molecule has 0 radical (unpaired) electrons. The van der Waals surface area contributed by atoms with Crippen LogP contribution < -0.4 is 10.2 Å². The van der Waals surface area contributed by atoms with E-state index in [0.29, 0.717) is 23.6 Å². The number of carbonyl (C=O) groups is 2. The van der Waals surface area contributed by atoms with Crippen molar-refractivity contribution in [1.82, 2.24) is 15.1 Å². The molecule has 2 amide bonds. The molecule has 182 valence electrons. The summed E-state index contributed by atoms with van der Waals surface area (Å²) in [5.41, 5.74) is 2.98. The average molecular weight is 487 g/mol. The van der Waals surface area contributed by atoms with Gasteiger partial charge in [-0.15, -0.1) is 0 Å². The van der Waals surface area contributed by atoms with Gasteiger partial charge in [-0.1, -0.05) is 36.4 Å². The first kappa shape index (κ1) is 23.4. The van der Waals surface area contributed by atoms with Gasteiger partial charge in [0.1, 0.15) is 23.5 Å². The molecule has 1 aliphatic heterocycles. The highest BCUT2D eigenvalue weighted by Crippen LogP contribution is 2.43. The van der Waals surface area contributed by atoms with Crippen LogP contribution in [0.1, 0.15) is 40.0 Å². The van der Waals surface area contributed by atoms with Crippen molar-refractivity contribution >= 4 is 17.6 Å². The standard InChI is InChI=1S/C28H24F2N4O2/c1-3-33-27-23(17(2)32-34(27)22-10-5-4-6-11-22)24(18-12-14-20(29)15-13-18)25(28(33)36)31-26(35)19-8-7-9-21(30)16-19/h4-16,24-25H,3H2,1-2H3,(H,31,35)/t24-,25-/m0/s1. The number of hydrogen-bond acceptors (Lipinski definition) is 3. The first-order valence-corrected chi connectivity index (χ1v) is 11.7. The largest absolute Gasteiger partial charge is 0.339 e. The van der Waals surface area contributed by atoms with E-state index in [1.165, 1.54) is 30.3 Å². The fourth-order valence-corrected chi connectivity index (χ4v) is 4.82. The van der Waals surface area contributed by atoms with Gasteiger partial charge < -0.3 is 5.32 Å². The van der Waals surface area contributed by atoms with E-state index in [9.17, 15) is 18.4 Å². The number of likely N-dealkylation sites (N-methyl/N-ethyl adjacent to an activating group) is 1. The second kappa shape index (κ2) is 9.37. The van der Waals surface area contributed by atoms with E-state index in [-0.39, 0.29) is 11.5 Å². The number of anilines is 1. The highest BCUT2D eigenvalue weighted by molar-refractivity contribution is 6.05. The second-order valence-corrected chi connectivity index (χ2v) is 8.64. The van der Waals surface area contributed by atoms with Crippen molar-refractivity contribution in [3.63, 3.8) is 0 Å². The number of rotatable bonds is 5. The molecule has 0 spiro atoms. The van der Waals surface area contributed by atoms with Crippen LogP contribution in [-0.2, 0) is 4.79 Å². The smallest absolute Gasteiger partial charge is 0.252 e. The topological polar surface area (TPSA) is 67.2 Å². The van der Waals surface area contributed by atoms with Crippen molar-refractivity contribution in [2.45, 2.75) is 25.8 Å². The summed E-state index contributed by atoms with van der Waals surface area (Å²) in [5, 5.41) is 7.59. The Morgan fingerprint density at radius 2 is 1.69 bits per heavy atom. The zero-order valence-electron chi connectivity index (χ0n) is 19.8. The maximum atomic E-state index is 13.9. The van der Waals surface area contributed by atoms with Crippen molar-refractivity contribution in [1.29, 1.82) is 0 Å². The number of benzene rings is 3. The van der Waals surface area contributed by atoms with E-state index in [4.69, 9.17) is 5.10 Å². The van der Waals surface area contributed by atoms with E-state index in [1.807, 2.05) is 44.2 Å². The summed E-state index contributed by atoms with van der Waals surface area (Å²) in [5.74, 6) is -1.89. The first-order chi connectivity index (χ1) is 17.4. The predicted octanol–water partition coefficient (Wildman–Crippen LogP) is 4.76. The Kier molecular flexibility index (Phi) is 6.10. The number of hydrogen-bond donors (Lipinski definition) is 1. The minimum absolute atomic E-state index is 0.103. The van der Waals surface area contributed by atoms with Crippen LogP contribution in [0.2, 0.25) is 0 Å². The van der Waals surface area contributed by atoms with E-state index < -0.39 is 29.5 Å². The van der Waals surface area contributed by atoms with Gasteiger partial charge in [-0.25, -0.2) is 13.5 Å². The van der Waals surface area contributed by atoms with Crippen LogP contribution in [0.3, 0.4) is 0 Å². The molecular formula is C28H24F2N4O2. The highest BCUT2D eigenvalue weighted by Gasteiger charge is 2.45. The molecular weight excluding hydrogens is 462 g/mol. The number of fused-ring (bicyclic) bond motifs is 1. The summed E-state index contributed by atoms with van der Waals surface area (Å²) in [6.45, 7) is 4.04. The zero-order valence-corrected chi connectivity index (χ0v) is 19.8. The van der Waals surface area contributed by atoms with Gasteiger partial charge in [-0.3, -0.25) is 14.5 Å². The Balaban J connectivity index is 1.68. The van der Waals surface area contributed by atoms with Crippen LogP contribution in [0.4, 0.5) is 14.6 Å². The third-order valence-electron chi connectivity index (χ3n) is 6.43. The quantitative estimate of drug-likeness (QED) is 0.443. The summed E-state index contributed by atoms with van der Waals surface area (Å²) in [7, 11) is 0. The molecule has 1 aromatic heterocycles. The lowest BCUT2D eigenvalue weighted by Gasteiger charge is -2.38. The highest BCUT2D eigenvalue weighted by atomic mass is 19.1. The number of halogens is 2. The molecule has 0 bridgehead atoms. The number of para-hydroxylation sites is 1. The first-order valence-electron chi connectivity index (χ1n) is 11.7. The molecule has 0 aliphatic carbocycles. The molecule has 0 fully saturated rings. The molecule has 4 aromatic rings. The van der Waals surface area contributed by atoms with E-state index >= 15 is 0 Å². The lowest BCUT2D eigenvalue weighted by atomic mass is 9.81. The van der Waals surface area contributed by atoms with Crippen LogP contribution in [0.25, 0.3) is 5.69 Å². The third-order valence-corrected chi connectivity index (χ3v) is 6.43. The summed E-state index contributed by atoms with van der Waals surface area (Å²) in [4.78, 5) is 28.6. The van der Waals surface area contributed by atoms with Crippen molar-refractivity contribution in [3.8, 4) is 5.69 Å². The van der Waals surface area contributed by atoms with Gasteiger partial charge in [0.2, 0.25) is 0 Å². The fraction of sp³-hybridized carbons (Fsp3) is 0.179. The molecule has 0 saturated carbocycles. The van der Waals surface area contributed by atoms with Crippen LogP contribution in [0, 0.1) is 18.6 Å². The van der Waals surface area contributed by atoms with E-state index in [1.54, 1.807) is 21.7 Å². The minimum Gasteiger partial charge on any atom is -0.339 e. The number of aryl methyl sites for hydroxylation is 1. The van der Waals surface area contributed by atoms with Crippen LogP contribution in [0.5, 0.6) is 0 Å². The normalized spacial score (nSPS) is 17.1. The Morgan fingerprint density at radius 1 is 0.972 bits per heavy atom. The molecule has 1 aliphatic rings. The number of carbonyl (C=O) groups excluding carboxylic acids is 2. The van der Waals surface area contributed by atoms with Gasteiger partial charge in [0.05, 0.1) is 11.4 Å². The van der Waals surface area contributed by atoms with Gasteiger partial charge in [-0.2, -0.15) is 5.10 Å². The Labute approximate surface area is 207 Å². The fourth-order valence-electron chi connectivity index (χ4n) is 4.82. The van der Waals surface area contributed by atoms with Crippen molar-refractivity contribution in [3.05, 3.63) is 113 Å². The van der Waals surface area contributed by atoms with Gasteiger partial charge in [0.15, 0.2) is 0 Å². The monoisotopic (exact) mass is 486 g/mol. The summed E-state index contributed by atoms with van der Waals surface area (Å²) in [6.07, 6.45) is 0. The molecule has 1 N–H and O–H groups in total. The maximum Gasteiger partial charge on any atom is 0.252 e. The molecule has 6 nitrogen and oxygen atoms in total. The van der Waals surface area contributed by atoms with Gasteiger partial charge in [-0.05, 0) is 61.9 Å². The molecule has 0 saturated heterocycles. The lowest BCUT2D eigenvalue weighted by Crippen LogP contribution is -2.55. The van der Waals surface area contributed by atoms with Gasteiger partial charge in [0.25, 0.3) is 11.8 Å². The summed E-state index contributed by atoms with van der Waals surface area (Å²) >= 11 is 0. The SMILES string of the molecule is CCN1C(=O)[C@@H](NC(=O)c2cccc(F)c2)[C@@H](c2ccc(F)cc2)c2c(C)nn(-c3ccccc3)c21. The van der Waals surface area contributed by atoms with Gasteiger partial charge in [0, 0.05) is 23.6 Å².